The topological polar surface area (TPSA) is 63.2 Å². The molecule has 0 saturated heterocycles. The van der Waals surface area contributed by atoms with Crippen molar-refractivity contribution < 1.29 is 29.4 Å². The van der Waals surface area contributed by atoms with E-state index in [1.54, 1.807) is 0 Å². The van der Waals surface area contributed by atoms with Gasteiger partial charge in [0.25, 0.3) is 0 Å². The van der Waals surface area contributed by atoms with Gasteiger partial charge in [0, 0.05) is 0 Å². The van der Waals surface area contributed by atoms with Gasteiger partial charge in [-0.1, -0.05) is 47.0 Å². The summed E-state index contributed by atoms with van der Waals surface area (Å²) in [7, 11) is 0. The van der Waals surface area contributed by atoms with Crippen molar-refractivity contribution in [3.63, 3.8) is 0 Å². The average Bonchev–Trinajstić information content (AvgIpc) is 2.54. The van der Waals surface area contributed by atoms with Crippen LogP contribution in [0.2, 0.25) is 0 Å². The molecule has 0 heterocycles. The van der Waals surface area contributed by atoms with Gasteiger partial charge in [-0.2, -0.15) is 4.89 Å². The van der Waals surface area contributed by atoms with Gasteiger partial charge in [-0.15, -0.1) is 0 Å². The predicted octanol–water partition coefficient (Wildman–Crippen LogP) is 4.67. The van der Waals surface area contributed by atoms with Crippen LogP contribution < -0.4 is 0 Å². The SMILES string of the molecule is CCCCOOC(CC)(CCCC)C(=O)OOOC(C)(C)CC. The van der Waals surface area contributed by atoms with Crippen LogP contribution in [-0.4, -0.2) is 23.8 Å². The van der Waals surface area contributed by atoms with Crippen LogP contribution in [0, 0.1) is 0 Å². The molecule has 0 spiro atoms. The molecule has 0 rings (SSSR count). The van der Waals surface area contributed by atoms with Crippen molar-refractivity contribution in [2.24, 2.45) is 0 Å². The van der Waals surface area contributed by atoms with Crippen LogP contribution in [0.25, 0.3) is 0 Å². The standard InChI is InChI=1S/C17H34O6/c1-7-11-13-17(10-4,22-19-14-12-8-2)15(18)20-23-21-16(5,6)9-3/h7-14H2,1-6H3. The Morgan fingerprint density at radius 3 is 2.09 bits per heavy atom. The number of carbonyl (C=O) groups excluding carboxylic acids is 1. The summed E-state index contributed by atoms with van der Waals surface area (Å²) in [6.45, 7) is 12.0. The van der Waals surface area contributed by atoms with Crippen molar-refractivity contribution in [1.82, 2.24) is 0 Å². The number of hydrogen-bond donors (Lipinski definition) is 0. The van der Waals surface area contributed by atoms with E-state index in [1.165, 1.54) is 0 Å². The quantitative estimate of drug-likeness (QED) is 0.261. The lowest BCUT2D eigenvalue weighted by atomic mass is 9.94. The van der Waals surface area contributed by atoms with E-state index in [1.807, 2.05) is 34.6 Å². The number of rotatable bonds is 14. The van der Waals surface area contributed by atoms with Gasteiger partial charge in [0.2, 0.25) is 5.60 Å². The van der Waals surface area contributed by atoms with Crippen molar-refractivity contribution in [2.75, 3.05) is 6.61 Å². The van der Waals surface area contributed by atoms with E-state index in [2.05, 4.69) is 12.0 Å². The molecule has 0 aliphatic carbocycles. The van der Waals surface area contributed by atoms with Crippen molar-refractivity contribution in [3.05, 3.63) is 0 Å². The third-order valence-corrected chi connectivity index (χ3v) is 3.90. The summed E-state index contributed by atoms with van der Waals surface area (Å²) in [5.74, 6) is -0.628. The maximum absolute atomic E-state index is 12.4. The molecule has 0 aliphatic rings. The molecular formula is C17H34O6. The first-order valence-corrected chi connectivity index (χ1v) is 8.74. The summed E-state index contributed by atoms with van der Waals surface area (Å²) in [6.07, 6.45) is 5.27. The molecule has 0 saturated carbocycles. The van der Waals surface area contributed by atoms with Gasteiger partial charge in [-0.3, -0.25) is 4.89 Å². The molecule has 1 unspecified atom stereocenters. The normalized spacial score (nSPS) is 14.5. The Hall–Kier alpha value is -0.690. The number of hydrogen-bond acceptors (Lipinski definition) is 6. The molecule has 1 atom stereocenters. The Labute approximate surface area is 140 Å². The summed E-state index contributed by atoms with van der Waals surface area (Å²) in [5, 5.41) is 4.68. The molecule has 0 aliphatic heterocycles. The molecule has 0 bridgehead atoms. The minimum absolute atomic E-state index is 0.429. The number of unbranched alkanes of at least 4 members (excludes halogenated alkanes) is 2. The Morgan fingerprint density at radius 2 is 1.57 bits per heavy atom. The lowest BCUT2D eigenvalue weighted by Gasteiger charge is -2.28. The Kier molecular flexibility index (Phi) is 11.4. The molecule has 0 radical (unpaired) electrons. The van der Waals surface area contributed by atoms with E-state index in [4.69, 9.17) is 19.6 Å². The lowest BCUT2D eigenvalue weighted by molar-refractivity contribution is -0.522. The smallest absolute Gasteiger partial charge is 0.265 e. The summed E-state index contributed by atoms with van der Waals surface area (Å²) >= 11 is 0. The zero-order valence-electron chi connectivity index (χ0n) is 15.6. The van der Waals surface area contributed by atoms with Gasteiger partial charge in [0.05, 0.1) is 6.61 Å². The van der Waals surface area contributed by atoms with E-state index in [-0.39, 0.29) is 0 Å². The molecule has 0 amide bonds. The highest BCUT2D eigenvalue weighted by Crippen LogP contribution is 2.26. The fraction of sp³-hybridized carbons (Fsp3) is 0.941. The van der Waals surface area contributed by atoms with Crippen molar-refractivity contribution >= 4 is 5.97 Å². The summed E-state index contributed by atoms with van der Waals surface area (Å²) in [6, 6.07) is 0. The zero-order chi connectivity index (χ0) is 17.8. The van der Waals surface area contributed by atoms with E-state index < -0.39 is 17.2 Å². The van der Waals surface area contributed by atoms with Crippen LogP contribution in [-0.2, 0) is 29.4 Å². The van der Waals surface area contributed by atoms with Gasteiger partial charge in [-0.25, -0.2) is 14.6 Å². The van der Waals surface area contributed by atoms with E-state index in [9.17, 15) is 4.79 Å². The highest BCUT2D eigenvalue weighted by Gasteiger charge is 2.42. The van der Waals surface area contributed by atoms with Crippen LogP contribution in [0.4, 0.5) is 0 Å². The molecule has 0 aromatic carbocycles. The third-order valence-electron chi connectivity index (χ3n) is 3.90. The fourth-order valence-corrected chi connectivity index (χ4v) is 1.65. The number of carbonyl (C=O) groups is 1. The first-order valence-electron chi connectivity index (χ1n) is 8.74. The molecule has 0 aromatic rings. The summed E-state index contributed by atoms with van der Waals surface area (Å²) < 4.78 is 0. The summed E-state index contributed by atoms with van der Waals surface area (Å²) in [4.78, 5) is 33.0. The maximum Gasteiger partial charge on any atom is 0.380 e. The largest absolute Gasteiger partial charge is 0.380 e. The minimum atomic E-state index is -1.16. The van der Waals surface area contributed by atoms with Crippen LogP contribution >= 0.6 is 0 Å². The van der Waals surface area contributed by atoms with Gasteiger partial charge >= 0.3 is 5.97 Å². The van der Waals surface area contributed by atoms with Crippen LogP contribution in [0.5, 0.6) is 0 Å². The first-order chi connectivity index (χ1) is 10.9. The van der Waals surface area contributed by atoms with Gasteiger partial charge in [0.15, 0.2) is 0 Å². The lowest BCUT2D eigenvalue weighted by Crippen LogP contribution is -2.43. The van der Waals surface area contributed by atoms with Gasteiger partial charge < -0.3 is 0 Å². The van der Waals surface area contributed by atoms with Crippen LogP contribution in [0.15, 0.2) is 0 Å². The average molecular weight is 334 g/mol. The molecule has 0 N–H and O–H groups in total. The van der Waals surface area contributed by atoms with E-state index in [0.717, 1.165) is 32.1 Å². The van der Waals surface area contributed by atoms with E-state index >= 15 is 0 Å². The Bertz CT molecular complexity index is 318. The van der Waals surface area contributed by atoms with Crippen LogP contribution in [0.1, 0.15) is 86.5 Å². The van der Waals surface area contributed by atoms with E-state index in [0.29, 0.717) is 19.4 Å². The Balaban J connectivity index is 4.64. The second kappa shape index (κ2) is 11.8. The molecule has 6 heteroatoms. The molecule has 6 nitrogen and oxygen atoms in total. The third kappa shape index (κ3) is 8.65. The fourth-order valence-electron chi connectivity index (χ4n) is 1.65. The maximum atomic E-state index is 12.4. The van der Waals surface area contributed by atoms with Crippen molar-refractivity contribution in [3.8, 4) is 0 Å². The van der Waals surface area contributed by atoms with Crippen molar-refractivity contribution in [2.45, 2.75) is 97.7 Å². The molecule has 0 aromatic heterocycles. The second-order valence-corrected chi connectivity index (χ2v) is 6.35. The highest BCUT2D eigenvalue weighted by molar-refractivity contribution is 5.78. The zero-order valence-corrected chi connectivity index (χ0v) is 15.6. The molecule has 23 heavy (non-hydrogen) atoms. The van der Waals surface area contributed by atoms with Crippen LogP contribution in [0.3, 0.4) is 0 Å². The molecule has 138 valence electrons. The van der Waals surface area contributed by atoms with Crippen molar-refractivity contribution in [1.29, 1.82) is 0 Å². The molecular weight excluding hydrogens is 300 g/mol. The minimum Gasteiger partial charge on any atom is -0.265 e. The van der Waals surface area contributed by atoms with Gasteiger partial charge in [0.1, 0.15) is 5.60 Å². The second-order valence-electron chi connectivity index (χ2n) is 6.35. The summed E-state index contributed by atoms with van der Waals surface area (Å²) in [5.41, 5.74) is -1.69. The predicted molar refractivity (Wildman–Crippen MR) is 87.1 cm³/mol. The monoisotopic (exact) mass is 334 g/mol. The van der Waals surface area contributed by atoms with Gasteiger partial charge in [-0.05, 0) is 44.6 Å². The highest BCUT2D eigenvalue weighted by atomic mass is 17.5. The first kappa shape index (κ1) is 22.3. The Morgan fingerprint density at radius 1 is 0.913 bits per heavy atom. The molecule has 0 fully saturated rings.